The molecule has 0 aromatic heterocycles. The number of aryl methyl sites for hydroxylation is 1. The number of hydrogen-bond donors (Lipinski definition) is 1. The first-order valence-electron chi connectivity index (χ1n) is 8.79. The summed E-state index contributed by atoms with van der Waals surface area (Å²) in [6, 6.07) is 8.25. The Balaban J connectivity index is 1.67. The predicted molar refractivity (Wildman–Crippen MR) is 95.8 cm³/mol. The molecule has 0 aliphatic carbocycles. The maximum atomic E-state index is 12.1. The summed E-state index contributed by atoms with van der Waals surface area (Å²) < 4.78 is 0. The zero-order valence-corrected chi connectivity index (χ0v) is 15.0. The van der Waals surface area contributed by atoms with Gasteiger partial charge in [0.05, 0.1) is 6.54 Å². The summed E-state index contributed by atoms with van der Waals surface area (Å²) in [5.41, 5.74) is 2.54. The maximum absolute atomic E-state index is 12.1. The summed E-state index contributed by atoms with van der Waals surface area (Å²) in [6.07, 6.45) is 0.856. The Morgan fingerprint density at radius 3 is 2.42 bits per heavy atom. The number of nitrogens with one attached hydrogen (secondary N) is 1. The van der Waals surface area contributed by atoms with Gasteiger partial charge in [0.2, 0.25) is 11.8 Å². The van der Waals surface area contributed by atoms with Crippen molar-refractivity contribution in [1.82, 2.24) is 15.1 Å². The summed E-state index contributed by atoms with van der Waals surface area (Å²) in [7, 11) is 0. The molecule has 0 bridgehead atoms. The topological polar surface area (TPSA) is 52.7 Å². The van der Waals surface area contributed by atoms with Crippen LogP contribution in [0.25, 0.3) is 0 Å². The van der Waals surface area contributed by atoms with Gasteiger partial charge in [-0.3, -0.25) is 14.5 Å². The first-order chi connectivity index (χ1) is 11.5. The average molecular weight is 331 g/mol. The van der Waals surface area contributed by atoms with Crippen LogP contribution in [-0.2, 0) is 16.0 Å². The molecule has 1 aromatic rings. The van der Waals surface area contributed by atoms with Gasteiger partial charge in [-0.05, 0) is 24.5 Å². The molecular formula is C19H29N3O2. The van der Waals surface area contributed by atoms with Crippen LogP contribution in [0.2, 0.25) is 0 Å². The molecule has 132 valence electrons. The number of carbonyl (C=O) groups is 2. The van der Waals surface area contributed by atoms with Crippen LogP contribution in [0, 0.1) is 12.8 Å². The third kappa shape index (κ3) is 5.34. The lowest BCUT2D eigenvalue weighted by atomic mass is 10.1. The second-order valence-electron chi connectivity index (χ2n) is 6.78. The zero-order chi connectivity index (χ0) is 17.5. The normalized spacial score (nSPS) is 15.6. The van der Waals surface area contributed by atoms with E-state index in [0.29, 0.717) is 26.2 Å². The lowest BCUT2D eigenvalue weighted by molar-refractivity contribution is -0.136. The Bertz CT molecular complexity index is 563. The summed E-state index contributed by atoms with van der Waals surface area (Å²) >= 11 is 0. The quantitative estimate of drug-likeness (QED) is 0.858. The molecule has 2 rings (SSSR count). The Kier molecular flexibility index (Phi) is 6.79. The summed E-state index contributed by atoms with van der Waals surface area (Å²) in [5, 5.41) is 3.00. The Morgan fingerprint density at radius 1 is 1.12 bits per heavy atom. The molecule has 5 heteroatoms. The maximum Gasteiger partial charge on any atom is 0.234 e. The molecule has 1 aliphatic rings. The number of benzene rings is 1. The Labute approximate surface area is 145 Å². The Hall–Kier alpha value is -1.88. The Morgan fingerprint density at radius 2 is 1.79 bits per heavy atom. The zero-order valence-electron chi connectivity index (χ0n) is 15.0. The van der Waals surface area contributed by atoms with E-state index in [1.807, 2.05) is 30.9 Å². The highest BCUT2D eigenvalue weighted by Crippen LogP contribution is 2.08. The van der Waals surface area contributed by atoms with Crippen molar-refractivity contribution in [2.75, 3.05) is 39.3 Å². The van der Waals surface area contributed by atoms with E-state index in [2.05, 4.69) is 29.3 Å². The lowest BCUT2D eigenvalue weighted by Crippen LogP contribution is -2.52. The molecular weight excluding hydrogens is 302 g/mol. The molecule has 5 nitrogen and oxygen atoms in total. The fraction of sp³-hybridized carbons (Fsp3) is 0.579. The molecule has 1 aromatic carbocycles. The number of amides is 2. The highest BCUT2D eigenvalue weighted by molar-refractivity contribution is 5.79. The molecule has 1 fully saturated rings. The van der Waals surface area contributed by atoms with Crippen molar-refractivity contribution in [3.05, 3.63) is 35.4 Å². The second-order valence-corrected chi connectivity index (χ2v) is 6.78. The predicted octanol–water partition coefficient (Wildman–Crippen LogP) is 1.45. The minimum atomic E-state index is 0.0429. The van der Waals surface area contributed by atoms with Crippen molar-refractivity contribution >= 4 is 11.8 Å². The van der Waals surface area contributed by atoms with Gasteiger partial charge in [0.15, 0.2) is 0 Å². The van der Waals surface area contributed by atoms with E-state index in [1.54, 1.807) is 0 Å². The molecule has 0 radical (unpaired) electrons. The van der Waals surface area contributed by atoms with Crippen LogP contribution in [0.5, 0.6) is 0 Å². The van der Waals surface area contributed by atoms with Crippen LogP contribution in [0.4, 0.5) is 0 Å². The number of piperazine rings is 1. The van der Waals surface area contributed by atoms with E-state index in [9.17, 15) is 9.59 Å². The first-order valence-corrected chi connectivity index (χ1v) is 8.79. The van der Waals surface area contributed by atoms with Crippen LogP contribution in [-0.4, -0.2) is 60.9 Å². The summed E-state index contributed by atoms with van der Waals surface area (Å²) in [6.45, 7) is 9.99. The van der Waals surface area contributed by atoms with E-state index in [4.69, 9.17) is 0 Å². The molecule has 1 N–H and O–H groups in total. The van der Waals surface area contributed by atoms with Crippen LogP contribution in [0.3, 0.4) is 0 Å². The van der Waals surface area contributed by atoms with Gasteiger partial charge >= 0.3 is 0 Å². The van der Waals surface area contributed by atoms with E-state index in [0.717, 1.165) is 19.5 Å². The van der Waals surface area contributed by atoms with E-state index in [1.165, 1.54) is 11.1 Å². The third-order valence-electron chi connectivity index (χ3n) is 4.52. The average Bonchev–Trinajstić information content (AvgIpc) is 2.56. The standard InChI is InChI=1S/C19H29N3O2/c1-15(2)19(24)22-12-10-21(11-13-22)14-18(23)20-9-8-17-7-5-4-6-16(17)3/h4-7,15H,8-14H2,1-3H3,(H,20,23). The smallest absolute Gasteiger partial charge is 0.234 e. The van der Waals surface area contributed by atoms with Crippen LogP contribution in [0.15, 0.2) is 24.3 Å². The number of rotatable bonds is 6. The van der Waals surface area contributed by atoms with Crippen molar-refractivity contribution in [1.29, 1.82) is 0 Å². The fourth-order valence-electron chi connectivity index (χ4n) is 2.98. The lowest BCUT2D eigenvalue weighted by Gasteiger charge is -2.35. The van der Waals surface area contributed by atoms with Gasteiger partial charge in [-0.2, -0.15) is 0 Å². The van der Waals surface area contributed by atoms with Gasteiger partial charge in [-0.1, -0.05) is 38.1 Å². The van der Waals surface area contributed by atoms with E-state index in [-0.39, 0.29) is 17.7 Å². The molecule has 1 heterocycles. The van der Waals surface area contributed by atoms with Gasteiger partial charge < -0.3 is 10.2 Å². The van der Waals surface area contributed by atoms with Gasteiger partial charge in [0, 0.05) is 38.6 Å². The molecule has 0 atom stereocenters. The highest BCUT2D eigenvalue weighted by atomic mass is 16.2. The van der Waals surface area contributed by atoms with Gasteiger partial charge in [-0.15, -0.1) is 0 Å². The van der Waals surface area contributed by atoms with Gasteiger partial charge in [-0.25, -0.2) is 0 Å². The number of nitrogens with zero attached hydrogens (tertiary/aromatic N) is 2. The molecule has 0 saturated carbocycles. The van der Waals surface area contributed by atoms with Gasteiger partial charge in [0.25, 0.3) is 0 Å². The molecule has 0 unspecified atom stereocenters. The van der Waals surface area contributed by atoms with Crippen molar-refractivity contribution in [3.63, 3.8) is 0 Å². The molecule has 1 saturated heterocycles. The van der Waals surface area contributed by atoms with Crippen molar-refractivity contribution < 1.29 is 9.59 Å². The molecule has 0 spiro atoms. The van der Waals surface area contributed by atoms with E-state index < -0.39 is 0 Å². The highest BCUT2D eigenvalue weighted by Gasteiger charge is 2.23. The number of carbonyl (C=O) groups excluding carboxylic acids is 2. The molecule has 1 aliphatic heterocycles. The second kappa shape index (κ2) is 8.83. The van der Waals surface area contributed by atoms with Crippen molar-refractivity contribution in [2.24, 2.45) is 5.92 Å². The van der Waals surface area contributed by atoms with Gasteiger partial charge in [0.1, 0.15) is 0 Å². The van der Waals surface area contributed by atoms with Crippen molar-refractivity contribution in [2.45, 2.75) is 27.2 Å². The van der Waals surface area contributed by atoms with Crippen molar-refractivity contribution in [3.8, 4) is 0 Å². The fourth-order valence-corrected chi connectivity index (χ4v) is 2.98. The number of hydrogen-bond acceptors (Lipinski definition) is 3. The minimum absolute atomic E-state index is 0.0429. The van der Waals surface area contributed by atoms with E-state index >= 15 is 0 Å². The third-order valence-corrected chi connectivity index (χ3v) is 4.52. The minimum Gasteiger partial charge on any atom is -0.355 e. The van der Waals surface area contributed by atoms with Crippen LogP contribution >= 0.6 is 0 Å². The van der Waals surface area contributed by atoms with Crippen LogP contribution < -0.4 is 5.32 Å². The molecule has 2 amide bonds. The molecule has 24 heavy (non-hydrogen) atoms. The summed E-state index contributed by atoms with van der Waals surface area (Å²) in [4.78, 5) is 28.1. The SMILES string of the molecule is Cc1ccccc1CCNC(=O)CN1CCN(C(=O)C(C)C)CC1. The largest absolute Gasteiger partial charge is 0.355 e. The first kappa shape index (κ1) is 18.5. The summed E-state index contributed by atoms with van der Waals surface area (Å²) in [5.74, 6) is 0.311. The van der Waals surface area contributed by atoms with Crippen LogP contribution in [0.1, 0.15) is 25.0 Å². The monoisotopic (exact) mass is 331 g/mol.